The summed E-state index contributed by atoms with van der Waals surface area (Å²) >= 11 is 0. The molecule has 0 spiro atoms. The number of carbonyl (C=O) groups excluding carboxylic acids is 1. The molecule has 2 atom stereocenters. The van der Waals surface area contributed by atoms with Crippen molar-refractivity contribution in [3.8, 4) is 0 Å². The van der Waals surface area contributed by atoms with Gasteiger partial charge in [-0.25, -0.2) is 9.82 Å². The molecule has 0 aliphatic carbocycles. The van der Waals surface area contributed by atoms with Crippen molar-refractivity contribution in [3.05, 3.63) is 65.7 Å². The molecule has 2 unspecified atom stereocenters. The molecule has 6 nitrogen and oxygen atoms in total. The minimum absolute atomic E-state index is 0.0144. The second-order valence-electron chi connectivity index (χ2n) is 6.24. The number of aromatic nitrogens is 1. The van der Waals surface area contributed by atoms with Gasteiger partial charge in [-0.1, -0.05) is 18.2 Å². The van der Waals surface area contributed by atoms with Crippen LogP contribution in [0.25, 0.3) is 0 Å². The number of benzene rings is 1. The van der Waals surface area contributed by atoms with Gasteiger partial charge in [0.15, 0.2) is 0 Å². The van der Waals surface area contributed by atoms with E-state index in [1.807, 2.05) is 24.3 Å². The Hall–Kier alpha value is -2.35. The van der Waals surface area contributed by atoms with Crippen LogP contribution in [0, 0.1) is 11.7 Å². The lowest BCUT2D eigenvalue weighted by atomic mass is 9.93. The molecular weight excluding hydrogens is 335 g/mol. The minimum atomic E-state index is -0.336. The smallest absolute Gasteiger partial charge is 0.229 e. The predicted molar refractivity (Wildman–Crippen MR) is 95.3 cm³/mol. The number of methoxy groups -OCH3 is 1. The van der Waals surface area contributed by atoms with Gasteiger partial charge in [0.25, 0.3) is 0 Å². The van der Waals surface area contributed by atoms with Gasteiger partial charge in [0, 0.05) is 26.4 Å². The molecule has 138 valence electrons. The largest absolute Gasteiger partial charge is 0.383 e. The number of carbonyl (C=O) groups is 1. The molecule has 7 heteroatoms. The second-order valence-corrected chi connectivity index (χ2v) is 6.24. The third-order valence-corrected chi connectivity index (χ3v) is 4.46. The highest BCUT2D eigenvalue weighted by Crippen LogP contribution is 2.27. The van der Waals surface area contributed by atoms with Crippen molar-refractivity contribution in [1.82, 2.24) is 20.7 Å². The lowest BCUT2D eigenvalue weighted by molar-refractivity contribution is -0.136. The SMILES string of the molecule is COCCN(Cc1ccccn1)C(=O)C1CNNC1c1cccc(F)c1. The van der Waals surface area contributed by atoms with Gasteiger partial charge < -0.3 is 9.64 Å². The number of hydrogen-bond donors (Lipinski definition) is 2. The summed E-state index contributed by atoms with van der Waals surface area (Å²) in [5.41, 5.74) is 7.69. The van der Waals surface area contributed by atoms with Crippen molar-refractivity contribution in [3.63, 3.8) is 0 Å². The molecule has 1 aromatic heterocycles. The Labute approximate surface area is 152 Å². The first-order chi connectivity index (χ1) is 12.7. The van der Waals surface area contributed by atoms with Gasteiger partial charge in [0.1, 0.15) is 5.82 Å². The zero-order valence-electron chi connectivity index (χ0n) is 14.7. The molecule has 0 bridgehead atoms. The number of hydrogen-bond acceptors (Lipinski definition) is 5. The van der Waals surface area contributed by atoms with E-state index in [1.165, 1.54) is 12.1 Å². The quantitative estimate of drug-likeness (QED) is 0.788. The molecule has 2 aromatic rings. The number of pyridine rings is 1. The highest BCUT2D eigenvalue weighted by atomic mass is 19.1. The first-order valence-electron chi connectivity index (χ1n) is 8.60. The Balaban J connectivity index is 1.78. The number of amides is 1. The van der Waals surface area contributed by atoms with Crippen molar-refractivity contribution >= 4 is 5.91 Å². The molecule has 1 aliphatic rings. The zero-order chi connectivity index (χ0) is 18.4. The Morgan fingerprint density at radius 1 is 1.35 bits per heavy atom. The molecule has 2 heterocycles. The molecule has 1 aliphatic heterocycles. The number of nitrogens with one attached hydrogen (secondary N) is 2. The van der Waals surface area contributed by atoms with E-state index in [4.69, 9.17) is 4.74 Å². The minimum Gasteiger partial charge on any atom is -0.383 e. The average Bonchev–Trinajstić information content (AvgIpc) is 3.15. The van der Waals surface area contributed by atoms with E-state index in [0.29, 0.717) is 26.2 Å². The Bertz CT molecular complexity index is 728. The molecular formula is C19H23FN4O2. The van der Waals surface area contributed by atoms with Crippen LogP contribution in [0.15, 0.2) is 48.7 Å². The van der Waals surface area contributed by atoms with Gasteiger partial charge in [-0.05, 0) is 29.8 Å². The molecule has 1 aromatic carbocycles. The van der Waals surface area contributed by atoms with E-state index in [-0.39, 0.29) is 23.7 Å². The van der Waals surface area contributed by atoms with Crippen molar-refractivity contribution < 1.29 is 13.9 Å². The summed E-state index contributed by atoms with van der Waals surface area (Å²) in [6, 6.07) is 11.7. The number of ether oxygens (including phenoxy) is 1. The van der Waals surface area contributed by atoms with E-state index in [1.54, 1.807) is 24.3 Å². The number of nitrogens with zero attached hydrogens (tertiary/aromatic N) is 2. The fourth-order valence-corrected chi connectivity index (χ4v) is 3.13. The van der Waals surface area contributed by atoms with Crippen LogP contribution in [0.4, 0.5) is 4.39 Å². The van der Waals surface area contributed by atoms with Crippen LogP contribution < -0.4 is 10.9 Å². The van der Waals surface area contributed by atoms with E-state index < -0.39 is 0 Å². The lowest BCUT2D eigenvalue weighted by Gasteiger charge is -2.27. The molecule has 2 N–H and O–H groups in total. The average molecular weight is 358 g/mol. The summed E-state index contributed by atoms with van der Waals surface area (Å²) in [7, 11) is 1.61. The van der Waals surface area contributed by atoms with Crippen molar-refractivity contribution in [2.24, 2.45) is 5.92 Å². The van der Waals surface area contributed by atoms with E-state index in [9.17, 15) is 9.18 Å². The summed E-state index contributed by atoms with van der Waals surface area (Å²) < 4.78 is 18.7. The standard InChI is InChI=1S/C19H23FN4O2/c1-26-10-9-24(13-16-7-2-3-8-21-16)19(25)17-12-22-23-18(17)14-5-4-6-15(20)11-14/h2-8,11,17-18,22-23H,9-10,12-13H2,1H3. The molecule has 26 heavy (non-hydrogen) atoms. The zero-order valence-corrected chi connectivity index (χ0v) is 14.7. The van der Waals surface area contributed by atoms with Crippen LogP contribution in [-0.4, -0.2) is 42.6 Å². The summed E-state index contributed by atoms with van der Waals surface area (Å²) in [6.45, 7) is 1.80. The molecule has 1 saturated heterocycles. The number of hydrazine groups is 1. The third kappa shape index (κ3) is 4.43. The maximum Gasteiger partial charge on any atom is 0.229 e. The normalized spacial score (nSPS) is 19.5. The van der Waals surface area contributed by atoms with E-state index in [2.05, 4.69) is 15.8 Å². The molecule has 0 radical (unpaired) electrons. The van der Waals surface area contributed by atoms with Crippen LogP contribution >= 0.6 is 0 Å². The van der Waals surface area contributed by atoms with Gasteiger partial charge >= 0.3 is 0 Å². The topological polar surface area (TPSA) is 66.5 Å². The van der Waals surface area contributed by atoms with Gasteiger partial charge in [-0.15, -0.1) is 0 Å². The van der Waals surface area contributed by atoms with Gasteiger partial charge in [0.2, 0.25) is 5.91 Å². The molecule has 0 saturated carbocycles. The highest BCUT2D eigenvalue weighted by molar-refractivity contribution is 5.80. The van der Waals surface area contributed by atoms with Crippen molar-refractivity contribution in [2.75, 3.05) is 26.8 Å². The van der Waals surface area contributed by atoms with Crippen LogP contribution in [0.5, 0.6) is 0 Å². The van der Waals surface area contributed by atoms with Crippen molar-refractivity contribution in [1.29, 1.82) is 0 Å². The van der Waals surface area contributed by atoms with Crippen LogP contribution in [-0.2, 0) is 16.1 Å². The number of rotatable bonds is 7. The van der Waals surface area contributed by atoms with Crippen LogP contribution in [0.3, 0.4) is 0 Å². The lowest BCUT2D eigenvalue weighted by Crippen LogP contribution is -2.40. The fraction of sp³-hybridized carbons (Fsp3) is 0.368. The van der Waals surface area contributed by atoms with E-state index >= 15 is 0 Å². The van der Waals surface area contributed by atoms with Gasteiger partial charge in [0.05, 0.1) is 30.8 Å². The second kappa shape index (κ2) is 8.84. The van der Waals surface area contributed by atoms with Gasteiger partial charge in [-0.3, -0.25) is 15.2 Å². The van der Waals surface area contributed by atoms with Crippen LogP contribution in [0.1, 0.15) is 17.3 Å². The summed E-state index contributed by atoms with van der Waals surface area (Å²) in [5.74, 6) is -0.663. The Kier molecular flexibility index (Phi) is 6.27. The molecule has 1 fully saturated rings. The summed E-state index contributed by atoms with van der Waals surface area (Å²) in [6.07, 6.45) is 1.71. The fourth-order valence-electron chi connectivity index (χ4n) is 3.13. The van der Waals surface area contributed by atoms with E-state index in [0.717, 1.165) is 11.3 Å². The molecule has 1 amide bonds. The maximum absolute atomic E-state index is 13.6. The Morgan fingerprint density at radius 3 is 2.96 bits per heavy atom. The van der Waals surface area contributed by atoms with Crippen LogP contribution in [0.2, 0.25) is 0 Å². The number of halogens is 1. The monoisotopic (exact) mass is 358 g/mol. The predicted octanol–water partition coefficient (Wildman–Crippen LogP) is 1.66. The summed E-state index contributed by atoms with van der Waals surface area (Å²) in [5, 5.41) is 0. The van der Waals surface area contributed by atoms with Gasteiger partial charge in [-0.2, -0.15) is 0 Å². The van der Waals surface area contributed by atoms with Crippen molar-refractivity contribution in [2.45, 2.75) is 12.6 Å². The third-order valence-electron chi connectivity index (χ3n) is 4.46. The first kappa shape index (κ1) is 18.4. The first-order valence-corrected chi connectivity index (χ1v) is 8.60. The highest BCUT2D eigenvalue weighted by Gasteiger charge is 2.36. The maximum atomic E-state index is 13.6. The summed E-state index contributed by atoms with van der Waals surface area (Å²) in [4.78, 5) is 19.2. The Morgan fingerprint density at radius 2 is 2.23 bits per heavy atom. The molecule has 3 rings (SSSR count).